The smallest absolute Gasteiger partial charge is 0.425 e. The van der Waals surface area contributed by atoms with E-state index in [1.165, 1.54) is 64.2 Å². The van der Waals surface area contributed by atoms with E-state index in [4.69, 9.17) is 42.0 Å². The van der Waals surface area contributed by atoms with Crippen LogP contribution in [0.3, 0.4) is 0 Å². The summed E-state index contributed by atoms with van der Waals surface area (Å²) in [5.41, 5.74) is -0.0409. The lowest BCUT2D eigenvalue weighted by Gasteiger charge is -2.13. The molecule has 2 unspecified atom stereocenters. The molecule has 452 valence electrons. The Kier molecular flexibility index (Phi) is 20.4. The number of hydrogen-bond acceptors (Lipinski definition) is 15. The first kappa shape index (κ1) is 64.2. The number of halogens is 8. The average molecular weight is 1250 g/mol. The highest BCUT2D eigenvalue weighted by molar-refractivity contribution is 7.86. The highest BCUT2D eigenvalue weighted by Gasteiger charge is 2.32. The second kappa shape index (κ2) is 27.1. The number of rotatable bonds is 18. The van der Waals surface area contributed by atoms with Crippen molar-refractivity contribution in [2.75, 3.05) is 6.61 Å². The lowest BCUT2D eigenvalue weighted by molar-refractivity contribution is -0.275. The molecule has 0 radical (unpaired) electrons. The molecule has 0 aliphatic heterocycles. The van der Waals surface area contributed by atoms with Crippen molar-refractivity contribution in [3.8, 4) is 35.0 Å². The summed E-state index contributed by atoms with van der Waals surface area (Å²) < 4.78 is 129. The van der Waals surface area contributed by atoms with Crippen molar-refractivity contribution < 1.29 is 68.1 Å². The summed E-state index contributed by atoms with van der Waals surface area (Å²) in [6.45, 7) is 5.16. The number of aromatic amines is 1. The molecule has 0 fully saturated rings. The molecule has 0 saturated carbocycles. The van der Waals surface area contributed by atoms with Crippen LogP contribution in [0.15, 0.2) is 145 Å². The molecule has 9 aromatic rings. The number of benzene rings is 5. The standard InChI is InChI=1S/C24H22ClF3N4O5.C20H14ClF3N4O4.C11H16O4S/c1-14(33)10-11-31-21(34)19-20(30(2)23(31)35)29-22(32(19)13-15-6-8-16(25)9-7-15)36-17-4-3-5-18(12-17)37-24(26,27)28;1-27-16-15(17(29)26-18(27)30)28(10-11-5-7-12(21)8-6-11)19(25-16)31-13-3-2-4-14(9-13)32-20(22,23)24;1-9-3-5-11(6-4-9)16(13,14)15-8-7-10(2)12/h3-9,12,14,33H,10-11,13H2,1-2H3;2-9H,10H2,1H3,(H,26,29,30);3-6,10,12H,7-8H2,1-2H3. The number of nitrogens with one attached hydrogen (secondary N) is 1. The van der Waals surface area contributed by atoms with Gasteiger partial charge in [0.05, 0.1) is 36.8 Å². The molecular formula is C55H52Cl2F6N8O13S. The number of aromatic nitrogens is 8. The molecule has 0 spiro atoms. The van der Waals surface area contributed by atoms with Gasteiger partial charge >= 0.3 is 36.1 Å². The third-order valence-electron chi connectivity index (χ3n) is 12.0. The summed E-state index contributed by atoms with van der Waals surface area (Å²) in [5.74, 6) is -1.03. The van der Waals surface area contributed by atoms with E-state index in [1.54, 1.807) is 74.5 Å². The third kappa shape index (κ3) is 17.4. The maximum atomic E-state index is 13.4. The Balaban J connectivity index is 0.000000196. The minimum Gasteiger partial charge on any atom is -0.425 e. The van der Waals surface area contributed by atoms with Crippen LogP contribution in [0.1, 0.15) is 43.4 Å². The van der Waals surface area contributed by atoms with Crippen LogP contribution in [0, 0.1) is 6.92 Å². The highest BCUT2D eigenvalue weighted by Crippen LogP contribution is 2.32. The molecular weight excluding hydrogens is 1200 g/mol. The quantitative estimate of drug-likeness (QED) is 0.0534. The normalized spacial score (nSPS) is 12.5. The Morgan fingerprint density at radius 3 is 1.52 bits per heavy atom. The minimum atomic E-state index is -4.89. The van der Waals surface area contributed by atoms with Crippen LogP contribution in [0.2, 0.25) is 10.0 Å². The number of fused-ring (bicyclic) bond motifs is 2. The summed E-state index contributed by atoms with van der Waals surface area (Å²) in [5, 5.41) is 19.7. The molecule has 9 rings (SSSR count). The fraction of sp³-hybridized carbons (Fsp3) is 0.273. The Bertz CT molecular complexity index is 4170. The topological polar surface area (TPSA) is 255 Å². The van der Waals surface area contributed by atoms with Crippen molar-refractivity contribution in [2.24, 2.45) is 14.1 Å². The zero-order valence-electron chi connectivity index (χ0n) is 45.4. The number of aliphatic hydroxyl groups excluding tert-OH is 2. The molecule has 4 heterocycles. The molecule has 0 bridgehead atoms. The average Bonchev–Trinajstić information content (AvgIpc) is 1.83. The number of aliphatic hydroxyl groups is 2. The number of H-pyrrole nitrogens is 1. The molecule has 4 aromatic heterocycles. The van der Waals surface area contributed by atoms with E-state index in [9.17, 15) is 59.0 Å². The molecule has 2 atom stereocenters. The monoisotopic (exact) mass is 1250 g/mol. The zero-order valence-corrected chi connectivity index (χ0v) is 47.7. The first-order chi connectivity index (χ1) is 39.9. The van der Waals surface area contributed by atoms with Crippen LogP contribution in [0.5, 0.6) is 35.0 Å². The van der Waals surface area contributed by atoms with E-state index < -0.39 is 69.0 Å². The SMILES string of the molecule is CC(O)CCn1c(=O)c2c(nc(Oc3cccc(OC(F)(F)F)c3)n2Cc2ccc(Cl)cc2)n(C)c1=O.Cc1ccc(S(=O)(=O)OCCC(C)O)cc1.Cn1c(=O)[nH]c(=O)c2c1nc(Oc1cccc(OC(F)(F)F)c1)n2Cc1ccc(Cl)cc1. The summed E-state index contributed by atoms with van der Waals surface area (Å²) in [7, 11) is -0.831. The third-order valence-corrected chi connectivity index (χ3v) is 13.9. The molecule has 21 nitrogen and oxygen atoms in total. The van der Waals surface area contributed by atoms with Crippen LogP contribution in [0.25, 0.3) is 22.3 Å². The maximum absolute atomic E-state index is 13.4. The van der Waals surface area contributed by atoms with Gasteiger partial charge in [0.2, 0.25) is 0 Å². The van der Waals surface area contributed by atoms with Crippen molar-refractivity contribution in [1.29, 1.82) is 0 Å². The van der Waals surface area contributed by atoms with Crippen molar-refractivity contribution in [1.82, 2.24) is 37.8 Å². The summed E-state index contributed by atoms with van der Waals surface area (Å²) in [4.78, 5) is 61.8. The summed E-state index contributed by atoms with van der Waals surface area (Å²) in [6.07, 6.45) is -10.6. The Hall–Kier alpha value is -8.41. The molecule has 3 N–H and O–H groups in total. The van der Waals surface area contributed by atoms with Gasteiger partial charge < -0.3 is 29.2 Å². The van der Waals surface area contributed by atoms with Gasteiger partial charge in [0, 0.05) is 42.8 Å². The van der Waals surface area contributed by atoms with Gasteiger partial charge in [-0.1, -0.05) is 77.3 Å². The first-order valence-electron chi connectivity index (χ1n) is 25.2. The van der Waals surface area contributed by atoms with Gasteiger partial charge in [-0.25, -0.2) is 9.59 Å². The van der Waals surface area contributed by atoms with Crippen molar-refractivity contribution in [3.63, 3.8) is 0 Å². The van der Waals surface area contributed by atoms with Gasteiger partial charge in [-0.3, -0.25) is 41.6 Å². The van der Waals surface area contributed by atoms with Crippen LogP contribution in [-0.2, 0) is 48.0 Å². The number of ether oxygens (including phenoxy) is 4. The number of imidazole rings is 2. The van der Waals surface area contributed by atoms with E-state index in [1.807, 2.05) is 6.92 Å². The predicted octanol–water partition coefficient (Wildman–Crippen LogP) is 9.35. The molecule has 0 aliphatic carbocycles. The van der Waals surface area contributed by atoms with E-state index in [0.29, 0.717) is 22.0 Å². The second-order valence-electron chi connectivity index (χ2n) is 18.8. The van der Waals surface area contributed by atoms with E-state index in [0.717, 1.165) is 44.5 Å². The Morgan fingerprint density at radius 1 is 0.612 bits per heavy atom. The number of hydrogen-bond donors (Lipinski definition) is 3. The molecule has 85 heavy (non-hydrogen) atoms. The van der Waals surface area contributed by atoms with Gasteiger partial charge in [-0.15, -0.1) is 26.3 Å². The first-order valence-corrected chi connectivity index (χ1v) is 27.4. The number of aryl methyl sites for hydroxylation is 3. The van der Waals surface area contributed by atoms with Crippen LogP contribution in [-0.4, -0.2) is 88.0 Å². The largest absolute Gasteiger partial charge is 0.573 e. The van der Waals surface area contributed by atoms with Gasteiger partial charge in [0.25, 0.3) is 21.2 Å². The van der Waals surface area contributed by atoms with Crippen molar-refractivity contribution in [2.45, 2.75) is 83.1 Å². The molecule has 0 amide bonds. The second-order valence-corrected chi connectivity index (χ2v) is 21.3. The van der Waals surface area contributed by atoms with Crippen LogP contribution < -0.4 is 41.4 Å². The zero-order chi connectivity index (χ0) is 62.1. The Morgan fingerprint density at radius 2 is 1.06 bits per heavy atom. The highest BCUT2D eigenvalue weighted by atomic mass is 35.5. The number of alkyl halides is 6. The van der Waals surface area contributed by atoms with Crippen molar-refractivity contribution in [3.05, 3.63) is 190 Å². The molecule has 0 saturated heterocycles. The fourth-order valence-electron chi connectivity index (χ4n) is 7.86. The lowest BCUT2D eigenvalue weighted by Crippen LogP contribution is -2.40. The maximum Gasteiger partial charge on any atom is 0.573 e. The number of nitrogens with zero attached hydrogens (tertiary/aromatic N) is 7. The Labute approximate surface area is 488 Å². The fourth-order valence-corrected chi connectivity index (χ4v) is 9.03. The summed E-state index contributed by atoms with van der Waals surface area (Å²) in [6, 6.07) is 29.5. The van der Waals surface area contributed by atoms with E-state index >= 15 is 0 Å². The van der Waals surface area contributed by atoms with E-state index in [-0.39, 0.29) is 83.4 Å². The summed E-state index contributed by atoms with van der Waals surface area (Å²) >= 11 is 11.9. The lowest BCUT2D eigenvalue weighted by atomic mass is 10.2. The van der Waals surface area contributed by atoms with Crippen LogP contribution in [0.4, 0.5) is 26.3 Å². The van der Waals surface area contributed by atoms with E-state index in [2.05, 4.69) is 24.4 Å². The van der Waals surface area contributed by atoms with Crippen molar-refractivity contribution >= 4 is 55.6 Å². The van der Waals surface area contributed by atoms with Gasteiger partial charge in [0.15, 0.2) is 22.3 Å². The predicted molar refractivity (Wildman–Crippen MR) is 299 cm³/mol. The van der Waals surface area contributed by atoms with Gasteiger partial charge in [-0.2, -0.15) is 18.4 Å². The minimum absolute atomic E-state index is 0.00607. The molecule has 0 aliphatic rings. The van der Waals surface area contributed by atoms with Crippen LogP contribution >= 0.6 is 23.2 Å². The van der Waals surface area contributed by atoms with Gasteiger partial charge in [-0.05, 0) is 105 Å². The van der Waals surface area contributed by atoms with Gasteiger partial charge in [0.1, 0.15) is 23.0 Å². The molecule has 30 heteroatoms. The molecule has 5 aromatic carbocycles.